The number of nitrogens with one attached hydrogen (secondary N) is 4. The van der Waals surface area contributed by atoms with Crippen molar-refractivity contribution in [3.05, 3.63) is 18.2 Å². The highest BCUT2D eigenvalue weighted by molar-refractivity contribution is 14.0. The van der Waals surface area contributed by atoms with E-state index in [0.29, 0.717) is 36.4 Å². The van der Waals surface area contributed by atoms with Crippen LogP contribution >= 0.6 is 24.0 Å². The fourth-order valence-electron chi connectivity index (χ4n) is 2.75. The first-order chi connectivity index (χ1) is 14.4. The first-order valence-electron chi connectivity index (χ1n) is 10.5. The summed E-state index contributed by atoms with van der Waals surface area (Å²) in [6.07, 6.45) is 0.817. The van der Waals surface area contributed by atoms with Crippen molar-refractivity contribution in [2.75, 3.05) is 31.6 Å². The zero-order valence-corrected chi connectivity index (χ0v) is 22.1. The molecule has 0 radical (unpaired) electrons. The Kier molecular flexibility index (Phi) is 10.5. The molecular formula is C22H36IN5O4. The summed E-state index contributed by atoms with van der Waals surface area (Å²) in [6, 6.07) is 5.46. The molecule has 0 spiro atoms. The van der Waals surface area contributed by atoms with Crippen LogP contribution in [-0.2, 0) is 9.59 Å². The van der Waals surface area contributed by atoms with Gasteiger partial charge >= 0.3 is 0 Å². The summed E-state index contributed by atoms with van der Waals surface area (Å²) in [7, 11) is 0. The third-order valence-electron chi connectivity index (χ3n) is 3.84. The Balaban J connectivity index is 0.00000512. The molecule has 32 heavy (non-hydrogen) atoms. The number of nitrogens with zero attached hydrogens (tertiary/aromatic N) is 1. The Bertz CT molecular complexity index is 816. The quantitative estimate of drug-likeness (QED) is 0.250. The standard InChI is InChI=1S/C22H35N5O4.HI/c1-21(2,3)26-18(28)13-23-20(24-14-19(29)27-22(4,5)6)25-15-8-9-16-17(12-15)31-11-7-10-30-16;/h8-9,12H,7,10-11,13-14H2,1-6H3,(H,26,28)(H,27,29)(H2,23,24,25);1H. The van der Waals surface area contributed by atoms with Crippen molar-refractivity contribution in [1.29, 1.82) is 0 Å². The minimum absolute atomic E-state index is 0. The molecular weight excluding hydrogens is 525 g/mol. The van der Waals surface area contributed by atoms with Crippen LogP contribution in [0.4, 0.5) is 5.69 Å². The molecule has 180 valence electrons. The van der Waals surface area contributed by atoms with Crippen molar-refractivity contribution in [3.8, 4) is 11.5 Å². The zero-order valence-electron chi connectivity index (χ0n) is 19.8. The van der Waals surface area contributed by atoms with E-state index in [-0.39, 0.29) is 60.0 Å². The largest absolute Gasteiger partial charge is 0.490 e. The van der Waals surface area contributed by atoms with Gasteiger partial charge in [-0.15, -0.1) is 24.0 Å². The van der Waals surface area contributed by atoms with E-state index in [1.54, 1.807) is 0 Å². The molecule has 0 aromatic heterocycles. The van der Waals surface area contributed by atoms with Crippen LogP contribution in [-0.4, -0.2) is 55.2 Å². The van der Waals surface area contributed by atoms with Crippen LogP contribution in [0.15, 0.2) is 23.2 Å². The molecule has 0 saturated carbocycles. The van der Waals surface area contributed by atoms with E-state index in [1.807, 2.05) is 59.7 Å². The van der Waals surface area contributed by atoms with Gasteiger partial charge in [-0.05, 0) is 53.7 Å². The Hall–Kier alpha value is -2.24. The average molecular weight is 561 g/mol. The minimum Gasteiger partial charge on any atom is -0.490 e. The number of hydrogen-bond acceptors (Lipinski definition) is 5. The fourth-order valence-corrected chi connectivity index (χ4v) is 2.75. The summed E-state index contributed by atoms with van der Waals surface area (Å²) < 4.78 is 11.4. The number of aliphatic imine (C=N–C) groups is 1. The molecule has 1 aliphatic rings. The second-order valence-corrected chi connectivity index (χ2v) is 9.45. The minimum atomic E-state index is -0.353. The summed E-state index contributed by atoms with van der Waals surface area (Å²) in [5, 5.41) is 11.9. The summed E-state index contributed by atoms with van der Waals surface area (Å²) >= 11 is 0. The number of halogens is 1. The molecule has 0 fully saturated rings. The van der Waals surface area contributed by atoms with Crippen molar-refractivity contribution in [2.45, 2.75) is 59.0 Å². The normalized spacial score (nSPS) is 13.9. The van der Waals surface area contributed by atoms with E-state index >= 15 is 0 Å². The summed E-state index contributed by atoms with van der Waals surface area (Å²) in [4.78, 5) is 28.7. The lowest BCUT2D eigenvalue weighted by molar-refractivity contribution is -0.122. The van der Waals surface area contributed by atoms with Gasteiger partial charge in [0.25, 0.3) is 0 Å². The van der Waals surface area contributed by atoms with Crippen LogP contribution in [0, 0.1) is 0 Å². The van der Waals surface area contributed by atoms with Crippen LogP contribution in [0.3, 0.4) is 0 Å². The zero-order chi connectivity index (χ0) is 23.1. The molecule has 0 unspecified atom stereocenters. The SMILES string of the molecule is CC(C)(C)NC(=O)CN=C(NCC(=O)NC(C)(C)C)Nc1ccc2c(c1)OCCCO2.I. The van der Waals surface area contributed by atoms with Gasteiger partial charge in [-0.2, -0.15) is 0 Å². The number of carbonyl (C=O) groups excluding carboxylic acids is 2. The first kappa shape index (κ1) is 27.8. The Morgan fingerprint density at radius 2 is 1.53 bits per heavy atom. The second kappa shape index (κ2) is 12.1. The number of amides is 2. The van der Waals surface area contributed by atoms with Gasteiger partial charge in [-0.25, -0.2) is 4.99 Å². The molecule has 1 aromatic rings. The van der Waals surface area contributed by atoms with Crippen LogP contribution in [0.2, 0.25) is 0 Å². The molecule has 0 aliphatic carbocycles. The molecule has 4 N–H and O–H groups in total. The van der Waals surface area contributed by atoms with Crippen molar-refractivity contribution in [1.82, 2.24) is 16.0 Å². The number of anilines is 1. The van der Waals surface area contributed by atoms with Crippen LogP contribution in [0.5, 0.6) is 11.5 Å². The number of rotatable bonds is 5. The number of fused-ring (bicyclic) bond motifs is 1. The average Bonchev–Trinajstić information content (AvgIpc) is 2.86. The van der Waals surface area contributed by atoms with Crippen LogP contribution in [0.1, 0.15) is 48.0 Å². The lowest BCUT2D eigenvalue weighted by Gasteiger charge is -2.21. The molecule has 2 amide bonds. The second-order valence-electron chi connectivity index (χ2n) is 9.45. The van der Waals surface area contributed by atoms with E-state index in [9.17, 15) is 9.59 Å². The maximum atomic E-state index is 12.2. The smallest absolute Gasteiger partial charge is 0.242 e. The molecule has 0 atom stereocenters. The molecule has 0 bridgehead atoms. The van der Waals surface area contributed by atoms with Crippen molar-refractivity contribution in [2.24, 2.45) is 4.99 Å². The predicted molar refractivity (Wildman–Crippen MR) is 137 cm³/mol. The number of hydrogen-bond donors (Lipinski definition) is 4. The van der Waals surface area contributed by atoms with Crippen molar-refractivity contribution in [3.63, 3.8) is 0 Å². The Morgan fingerprint density at radius 1 is 0.938 bits per heavy atom. The number of carbonyl (C=O) groups is 2. The fraction of sp³-hybridized carbons (Fsp3) is 0.591. The maximum absolute atomic E-state index is 12.2. The van der Waals surface area contributed by atoms with Gasteiger partial charge in [0.15, 0.2) is 17.5 Å². The third kappa shape index (κ3) is 10.9. The summed E-state index contributed by atoms with van der Waals surface area (Å²) in [5.74, 6) is 1.23. The lowest BCUT2D eigenvalue weighted by atomic mass is 10.1. The van der Waals surface area contributed by atoms with Crippen molar-refractivity contribution < 1.29 is 19.1 Å². The highest BCUT2D eigenvalue weighted by atomic mass is 127. The van der Waals surface area contributed by atoms with Crippen LogP contribution in [0.25, 0.3) is 0 Å². The van der Waals surface area contributed by atoms with Gasteiger partial charge in [0.2, 0.25) is 11.8 Å². The first-order valence-corrected chi connectivity index (χ1v) is 10.5. The molecule has 10 heteroatoms. The summed E-state index contributed by atoms with van der Waals surface area (Å²) in [6.45, 7) is 12.6. The van der Waals surface area contributed by atoms with E-state index in [1.165, 1.54) is 0 Å². The van der Waals surface area contributed by atoms with Gasteiger partial charge in [-0.3, -0.25) is 9.59 Å². The van der Waals surface area contributed by atoms with E-state index in [4.69, 9.17) is 9.47 Å². The van der Waals surface area contributed by atoms with E-state index in [2.05, 4.69) is 26.3 Å². The number of guanidine groups is 1. The molecule has 2 rings (SSSR count). The van der Waals surface area contributed by atoms with E-state index < -0.39 is 0 Å². The molecule has 1 aromatic carbocycles. The monoisotopic (exact) mass is 561 g/mol. The Morgan fingerprint density at radius 3 is 2.16 bits per heavy atom. The molecule has 1 aliphatic heterocycles. The van der Waals surface area contributed by atoms with Gasteiger partial charge in [0.1, 0.15) is 6.54 Å². The highest BCUT2D eigenvalue weighted by Gasteiger charge is 2.16. The maximum Gasteiger partial charge on any atom is 0.242 e. The number of benzene rings is 1. The van der Waals surface area contributed by atoms with Gasteiger partial charge in [-0.1, -0.05) is 0 Å². The predicted octanol–water partition coefficient (Wildman–Crippen LogP) is 2.65. The Labute approximate surface area is 207 Å². The number of ether oxygens (including phenoxy) is 2. The van der Waals surface area contributed by atoms with Gasteiger partial charge < -0.3 is 30.7 Å². The molecule has 1 heterocycles. The molecule has 0 saturated heterocycles. The van der Waals surface area contributed by atoms with Crippen LogP contribution < -0.4 is 30.7 Å². The third-order valence-corrected chi connectivity index (χ3v) is 3.84. The summed E-state index contributed by atoms with van der Waals surface area (Å²) in [5.41, 5.74) is 0.00174. The van der Waals surface area contributed by atoms with Gasteiger partial charge in [0, 0.05) is 29.3 Å². The molecule has 9 nitrogen and oxygen atoms in total. The topological polar surface area (TPSA) is 113 Å². The lowest BCUT2D eigenvalue weighted by Crippen LogP contribution is -2.47. The van der Waals surface area contributed by atoms with Gasteiger partial charge in [0.05, 0.1) is 19.8 Å². The highest BCUT2D eigenvalue weighted by Crippen LogP contribution is 2.32. The van der Waals surface area contributed by atoms with Crippen molar-refractivity contribution >= 4 is 47.4 Å². The van der Waals surface area contributed by atoms with E-state index in [0.717, 1.165) is 6.42 Å².